The predicted octanol–water partition coefficient (Wildman–Crippen LogP) is 3.87. The highest BCUT2D eigenvalue weighted by molar-refractivity contribution is 5.78. The zero-order valence-corrected chi connectivity index (χ0v) is 14.4. The minimum Gasteiger partial charge on any atom is -0.274 e. The summed E-state index contributed by atoms with van der Waals surface area (Å²) in [6.45, 7) is 0. The summed E-state index contributed by atoms with van der Waals surface area (Å²) >= 11 is 0. The Morgan fingerprint density at radius 2 is 1.88 bits per heavy atom. The first-order chi connectivity index (χ1) is 12.3. The van der Waals surface area contributed by atoms with E-state index in [0.29, 0.717) is 24.4 Å². The highest BCUT2D eigenvalue weighted by Gasteiger charge is 2.12. The number of benzene rings is 1. The van der Waals surface area contributed by atoms with E-state index in [-0.39, 0.29) is 5.91 Å². The summed E-state index contributed by atoms with van der Waals surface area (Å²) in [5, 5.41) is 8.84. The molecule has 0 amide bonds. The van der Waals surface area contributed by atoms with Gasteiger partial charge in [-0.3, -0.25) is 14.4 Å². The fourth-order valence-electron chi connectivity index (χ4n) is 3.27. The molecule has 1 aromatic heterocycles. The van der Waals surface area contributed by atoms with Crippen LogP contribution in [0.1, 0.15) is 54.4 Å². The SMILES string of the molecule is N#Cc1ccc(CCC(=O)n2ccccc2=NC2CCCCC2)cc1. The van der Waals surface area contributed by atoms with Crippen molar-refractivity contribution < 1.29 is 4.79 Å². The molecule has 1 fully saturated rings. The van der Waals surface area contributed by atoms with Crippen molar-refractivity contribution in [3.63, 3.8) is 0 Å². The molecule has 0 saturated heterocycles. The second-order valence-electron chi connectivity index (χ2n) is 6.55. The van der Waals surface area contributed by atoms with Gasteiger partial charge in [-0.15, -0.1) is 0 Å². The zero-order valence-electron chi connectivity index (χ0n) is 14.4. The van der Waals surface area contributed by atoms with Gasteiger partial charge in [0.1, 0.15) is 5.49 Å². The maximum absolute atomic E-state index is 12.7. The number of rotatable bonds is 4. The van der Waals surface area contributed by atoms with E-state index in [1.54, 1.807) is 16.7 Å². The molecule has 0 bridgehead atoms. The van der Waals surface area contributed by atoms with Crippen molar-refractivity contribution in [1.82, 2.24) is 4.57 Å². The Balaban J connectivity index is 1.71. The summed E-state index contributed by atoms with van der Waals surface area (Å²) in [7, 11) is 0. The lowest BCUT2D eigenvalue weighted by Crippen LogP contribution is -2.29. The molecule has 4 nitrogen and oxygen atoms in total. The van der Waals surface area contributed by atoms with Crippen LogP contribution in [0.3, 0.4) is 0 Å². The van der Waals surface area contributed by atoms with Crippen LogP contribution in [-0.4, -0.2) is 16.5 Å². The largest absolute Gasteiger partial charge is 0.274 e. The van der Waals surface area contributed by atoms with E-state index in [1.807, 2.05) is 36.5 Å². The van der Waals surface area contributed by atoms with Gasteiger partial charge in [-0.1, -0.05) is 37.5 Å². The van der Waals surface area contributed by atoms with Gasteiger partial charge in [-0.25, -0.2) is 0 Å². The molecular formula is C21H23N3O. The zero-order chi connectivity index (χ0) is 17.5. The third-order valence-electron chi connectivity index (χ3n) is 4.71. The van der Waals surface area contributed by atoms with Gasteiger partial charge < -0.3 is 0 Å². The van der Waals surface area contributed by atoms with Gasteiger partial charge in [0, 0.05) is 12.6 Å². The number of nitriles is 1. The fraction of sp³-hybridized carbons (Fsp3) is 0.381. The Morgan fingerprint density at radius 3 is 2.60 bits per heavy atom. The molecule has 0 unspecified atom stereocenters. The van der Waals surface area contributed by atoms with Gasteiger partial charge in [0.25, 0.3) is 0 Å². The van der Waals surface area contributed by atoms with Gasteiger partial charge in [-0.2, -0.15) is 5.26 Å². The highest BCUT2D eigenvalue weighted by atomic mass is 16.2. The number of carbonyl (C=O) groups is 1. The molecule has 0 atom stereocenters. The van der Waals surface area contributed by atoms with Crippen LogP contribution in [0.25, 0.3) is 0 Å². The third kappa shape index (κ3) is 4.67. The van der Waals surface area contributed by atoms with Crippen LogP contribution >= 0.6 is 0 Å². The average Bonchev–Trinajstić information content (AvgIpc) is 2.68. The summed E-state index contributed by atoms with van der Waals surface area (Å²) in [6.07, 6.45) is 8.89. The Labute approximate surface area is 148 Å². The lowest BCUT2D eigenvalue weighted by atomic mass is 9.96. The minimum atomic E-state index is 0.0551. The van der Waals surface area contributed by atoms with Crippen molar-refractivity contribution in [2.75, 3.05) is 0 Å². The first kappa shape index (κ1) is 17.2. The number of carbonyl (C=O) groups excluding carboxylic acids is 1. The Morgan fingerprint density at radius 1 is 1.12 bits per heavy atom. The van der Waals surface area contributed by atoms with Crippen LogP contribution in [-0.2, 0) is 6.42 Å². The number of nitrogens with zero attached hydrogens (tertiary/aromatic N) is 3. The lowest BCUT2D eigenvalue weighted by molar-refractivity contribution is 0.0897. The van der Waals surface area contributed by atoms with E-state index in [4.69, 9.17) is 10.3 Å². The second-order valence-corrected chi connectivity index (χ2v) is 6.55. The van der Waals surface area contributed by atoms with E-state index in [1.165, 1.54) is 19.3 Å². The van der Waals surface area contributed by atoms with E-state index >= 15 is 0 Å². The summed E-state index contributed by atoms with van der Waals surface area (Å²) in [5.41, 5.74) is 2.47. The van der Waals surface area contributed by atoms with Crippen molar-refractivity contribution in [3.05, 3.63) is 65.3 Å². The van der Waals surface area contributed by atoms with Crippen LogP contribution in [0.5, 0.6) is 0 Å². The molecule has 2 aromatic rings. The number of aromatic nitrogens is 1. The molecule has 0 radical (unpaired) electrons. The second kappa shape index (κ2) is 8.43. The maximum atomic E-state index is 12.7. The highest BCUT2D eigenvalue weighted by Crippen LogP contribution is 2.19. The smallest absolute Gasteiger partial charge is 0.232 e. The van der Waals surface area contributed by atoms with Gasteiger partial charge in [0.2, 0.25) is 5.91 Å². The Bertz CT molecular complexity index is 821. The van der Waals surface area contributed by atoms with E-state index in [9.17, 15) is 4.79 Å². The molecule has 1 aliphatic rings. The number of aryl methyl sites for hydroxylation is 1. The van der Waals surface area contributed by atoms with Crippen molar-refractivity contribution in [2.24, 2.45) is 4.99 Å². The average molecular weight is 333 g/mol. The van der Waals surface area contributed by atoms with E-state index < -0.39 is 0 Å². The van der Waals surface area contributed by atoms with Crippen molar-refractivity contribution in [1.29, 1.82) is 5.26 Å². The molecular weight excluding hydrogens is 310 g/mol. The Kier molecular flexibility index (Phi) is 5.79. The molecule has 1 heterocycles. The molecule has 1 saturated carbocycles. The minimum absolute atomic E-state index is 0.0551. The number of hydrogen-bond donors (Lipinski definition) is 0. The monoisotopic (exact) mass is 333 g/mol. The standard InChI is InChI=1S/C21H23N3O/c22-16-18-11-9-17(10-12-18)13-14-21(25)24-15-5-4-8-20(24)23-19-6-2-1-3-7-19/h4-5,8-12,15,19H,1-3,6-7,13-14H2. The first-order valence-corrected chi connectivity index (χ1v) is 9.00. The quantitative estimate of drug-likeness (QED) is 0.853. The van der Waals surface area contributed by atoms with E-state index in [0.717, 1.165) is 23.9 Å². The van der Waals surface area contributed by atoms with Crippen LogP contribution in [0.15, 0.2) is 53.7 Å². The fourth-order valence-corrected chi connectivity index (χ4v) is 3.27. The van der Waals surface area contributed by atoms with E-state index in [2.05, 4.69) is 6.07 Å². The van der Waals surface area contributed by atoms with Gasteiger partial charge >= 0.3 is 0 Å². The van der Waals surface area contributed by atoms with Crippen LogP contribution < -0.4 is 5.49 Å². The third-order valence-corrected chi connectivity index (χ3v) is 4.71. The molecule has 4 heteroatoms. The van der Waals surface area contributed by atoms with Crippen LogP contribution in [0.2, 0.25) is 0 Å². The molecule has 128 valence electrons. The number of hydrogen-bond acceptors (Lipinski definition) is 3. The molecule has 1 aromatic carbocycles. The van der Waals surface area contributed by atoms with Crippen molar-refractivity contribution in [3.8, 4) is 6.07 Å². The normalized spacial score (nSPS) is 15.7. The van der Waals surface area contributed by atoms with Gasteiger partial charge in [0.15, 0.2) is 0 Å². The van der Waals surface area contributed by atoms with Gasteiger partial charge in [0.05, 0.1) is 17.7 Å². The van der Waals surface area contributed by atoms with Crippen LogP contribution in [0, 0.1) is 11.3 Å². The predicted molar refractivity (Wildman–Crippen MR) is 97.0 cm³/mol. The Hall–Kier alpha value is -2.67. The molecule has 1 aliphatic carbocycles. The maximum Gasteiger partial charge on any atom is 0.232 e. The van der Waals surface area contributed by atoms with Crippen molar-refractivity contribution >= 4 is 5.91 Å². The molecule has 0 N–H and O–H groups in total. The molecule has 25 heavy (non-hydrogen) atoms. The van der Waals surface area contributed by atoms with Gasteiger partial charge in [-0.05, 0) is 49.1 Å². The molecule has 0 aliphatic heterocycles. The van der Waals surface area contributed by atoms with Crippen molar-refractivity contribution in [2.45, 2.75) is 51.0 Å². The summed E-state index contributed by atoms with van der Waals surface area (Å²) < 4.78 is 1.68. The summed E-state index contributed by atoms with van der Waals surface area (Å²) in [5.74, 6) is 0.0551. The topological polar surface area (TPSA) is 58.1 Å². The van der Waals surface area contributed by atoms with Crippen LogP contribution in [0.4, 0.5) is 0 Å². The summed E-state index contributed by atoms with van der Waals surface area (Å²) in [4.78, 5) is 17.5. The lowest BCUT2D eigenvalue weighted by Gasteiger charge is -2.17. The number of pyridine rings is 1. The summed E-state index contributed by atoms with van der Waals surface area (Å²) in [6, 6.07) is 15.6. The molecule has 3 rings (SSSR count). The molecule has 0 spiro atoms. The first-order valence-electron chi connectivity index (χ1n) is 9.00.